The molecule has 0 atom stereocenters. The van der Waals surface area contributed by atoms with E-state index in [0.29, 0.717) is 26.2 Å². The molecule has 1 heterocycles. The van der Waals surface area contributed by atoms with Gasteiger partial charge in [0.2, 0.25) is 20.0 Å². The molecule has 0 spiro atoms. The second-order valence-electron chi connectivity index (χ2n) is 5.65. The number of piperazine rings is 1. The van der Waals surface area contributed by atoms with Crippen molar-refractivity contribution in [2.24, 2.45) is 5.14 Å². The molecule has 2 rings (SSSR count). The number of rotatable bonds is 5. The van der Waals surface area contributed by atoms with Gasteiger partial charge in [0.25, 0.3) is 0 Å². The summed E-state index contributed by atoms with van der Waals surface area (Å²) in [5.74, 6) is 0. The fourth-order valence-electron chi connectivity index (χ4n) is 2.46. The van der Waals surface area contributed by atoms with Gasteiger partial charge in [0.15, 0.2) is 0 Å². The van der Waals surface area contributed by atoms with Crippen LogP contribution in [0.4, 0.5) is 0 Å². The summed E-state index contributed by atoms with van der Waals surface area (Å²) >= 11 is 0. The van der Waals surface area contributed by atoms with E-state index in [2.05, 4.69) is 11.5 Å². The molecule has 0 amide bonds. The van der Waals surface area contributed by atoms with Crippen LogP contribution in [0.15, 0.2) is 46.2 Å². The number of sulfonamides is 2. The van der Waals surface area contributed by atoms with Gasteiger partial charge in [-0.25, -0.2) is 22.0 Å². The Hall–Kier alpha value is -1.26. The summed E-state index contributed by atoms with van der Waals surface area (Å²) in [5, 5.41) is 5.01. The maximum atomic E-state index is 12.6. The first-order valence-corrected chi connectivity index (χ1v) is 10.1. The van der Waals surface area contributed by atoms with Crippen molar-refractivity contribution >= 4 is 20.0 Å². The van der Waals surface area contributed by atoms with Crippen LogP contribution in [0.5, 0.6) is 0 Å². The van der Waals surface area contributed by atoms with Crippen molar-refractivity contribution in [1.82, 2.24) is 9.21 Å². The largest absolute Gasteiger partial charge is 0.297 e. The predicted molar refractivity (Wildman–Crippen MR) is 87.8 cm³/mol. The van der Waals surface area contributed by atoms with Crippen LogP contribution >= 0.6 is 0 Å². The van der Waals surface area contributed by atoms with Gasteiger partial charge in [-0.2, -0.15) is 4.31 Å². The summed E-state index contributed by atoms with van der Waals surface area (Å²) < 4.78 is 49.0. The third-order valence-corrected chi connectivity index (χ3v) is 6.46. The lowest BCUT2D eigenvalue weighted by molar-refractivity contribution is 0.201. The van der Waals surface area contributed by atoms with Gasteiger partial charge in [-0.15, -0.1) is 0 Å². The average molecular weight is 359 g/mol. The molecule has 7 nitrogen and oxygen atoms in total. The van der Waals surface area contributed by atoms with Crippen LogP contribution in [0.3, 0.4) is 0 Å². The van der Waals surface area contributed by atoms with Gasteiger partial charge in [-0.05, 0) is 31.2 Å². The molecular formula is C14H21N3O4S2. The molecule has 1 fully saturated rings. The average Bonchev–Trinajstić information content (AvgIpc) is 2.46. The van der Waals surface area contributed by atoms with E-state index in [-0.39, 0.29) is 9.79 Å². The van der Waals surface area contributed by atoms with Crippen molar-refractivity contribution in [2.75, 3.05) is 32.7 Å². The first kappa shape index (κ1) is 18.1. The Labute approximate surface area is 137 Å². The summed E-state index contributed by atoms with van der Waals surface area (Å²) in [6.45, 7) is 8.63. The highest BCUT2D eigenvalue weighted by molar-refractivity contribution is 7.89. The molecule has 0 bridgehead atoms. The Morgan fingerprint density at radius 3 is 1.96 bits per heavy atom. The van der Waals surface area contributed by atoms with Gasteiger partial charge in [0, 0.05) is 32.7 Å². The van der Waals surface area contributed by atoms with Crippen LogP contribution < -0.4 is 5.14 Å². The molecule has 0 unspecified atom stereocenters. The Balaban J connectivity index is 2.12. The van der Waals surface area contributed by atoms with Gasteiger partial charge in [-0.3, -0.25) is 4.90 Å². The molecule has 0 radical (unpaired) electrons. The van der Waals surface area contributed by atoms with E-state index in [0.717, 1.165) is 12.1 Å². The molecule has 23 heavy (non-hydrogen) atoms. The van der Waals surface area contributed by atoms with Crippen LogP contribution in [0.2, 0.25) is 0 Å². The standard InChI is InChI=1S/C14H21N3O4S2/c1-12(2)11-16-7-9-17(10-8-16)23(20,21)14-5-3-13(4-6-14)22(15,18)19/h3-6H,1,7-11H2,2H3,(H2,15,18,19). The van der Waals surface area contributed by atoms with E-state index >= 15 is 0 Å². The van der Waals surface area contributed by atoms with Gasteiger partial charge < -0.3 is 0 Å². The molecule has 1 aliphatic rings. The number of nitrogens with two attached hydrogens (primary N) is 1. The highest BCUT2D eigenvalue weighted by atomic mass is 32.2. The number of hydrogen-bond acceptors (Lipinski definition) is 5. The molecule has 1 saturated heterocycles. The van der Waals surface area contributed by atoms with Crippen LogP contribution in [0, 0.1) is 0 Å². The zero-order valence-corrected chi connectivity index (χ0v) is 14.6. The summed E-state index contributed by atoms with van der Waals surface area (Å²) in [6, 6.07) is 4.96. The Morgan fingerprint density at radius 1 is 1.04 bits per heavy atom. The fourth-order valence-corrected chi connectivity index (χ4v) is 4.40. The lowest BCUT2D eigenvalue weighted by Gasteiger charge is -2.34. The predicted octanol–water partition coefficient (Wildman–Crippen LogP) is 0.216. The van der Waals surface area contributed by atoms with Crippen LogP contribution in [-0.2, 0) is 20.0 Å². The van der Waals surface area contributed by atoms with Gasteiger partial charge >= 0.3 is 0 Å². The zero-order chi connectivity index (χ0) is 17.3. The SMILES string of the molecule is C=C(C)CN1CCN(S(=O)(=O)c2ccc(S(N)(=O)=O)cc2)CC1. The molecule has 1 aliphatic heterocycles. The summed E-state index contributed by atoms with van der Waals surface area (Å²) in [4.78, 5) is 2.11. The van der Waals surface area contributed by atoms with Crippen molar-refractivity contribution in [1.29, 1.82) is 0 Å². The maximum Gasteiger partial charge on any atom is 0.243 e. The third kappa shape index (κ3) is 4.39. The Morgan fingerprint density at radius 2 is 1.52 bits per heavy atom. The smallest absolute Gasteiger partial charge is 0.243 e. The quantitative estimate of drug-likeness (QED) is 0.758. The van der Waals surface area contributed by atoms with E-state index in [1.165, 1.54) is 28.6 Å². The van der Waals surface area contributed by atoms with Gasteiger partial charge in [0.05, 0.1) is 9.79 Å². The fraction of sp³-hybridized carbons (Fsp3) is 0.429. The number of primary sulfonamides is 1. The van der Waals surface area contributed by atoms with E-state index < -0.39 is 20.0 Å². The highest BCUT2D eigenvalue weighted by Crippen LogP contribution is 2.19. The molecule has 9 heteroatoms. The minimum absolute atomic E-state index is 0.0678. The van der Waals surface area contributed by atoms with Crippen molar-refractivity contribution < 1.29 is 16.8 Å². The molecular weight excluding hydrogens is 338 g/mol. The monoisotopic (exact) mass is 359 g/mol. The van der Waals surface area contributed by atoms with E-state index in [1.807, 2.05) is 6.92 Å². The van der Waals surface area contributed by atoms with E-state index in [9.17, 15) is 16.8 Å². The molecule has 0 aliphatic carbocycles. The minimum atomic E-state index is -3.83. The summed E-state index contributed by atoms with van der Waals surface area (Å²) in [6.07, 6.45) is 0. The van der Waals surface area contributed by atoms with Crippen LogP contribution in [-0.4, -0.2) is 58.8 Å². The van der Waals surface area contributed by atoms with Crippen LogP contribution in [0.25, 0.3) is 0 Å². The molecule has 0 saturated carbocycles. The maximum absolute atomic E-state index is 12.6. The van der Waals surface area contributed by atoms with Gasteiger partial charge in [0.1, 0.15) is 0 Å². The van der Waals surface area contributed by atoms with E-state index in [1.54, 1.807) is 0 Å². The molecule has 2 N–H and O–H groups in total. The first-order valence-electron chi connectivity index (χ1n) is 7.10. The number of benzene rings is 1. The zero-order valence-electron chi connectivity index (χ0n) is 13.0. The molecule has 0 aromatic heterocycles. The lowest BCUT2D eigenvalue weighted by atomic mass is 10.3. The van der Waals surface area contributed by atoms with Crippen LogP contribution in [0.1, 0.15) is 6.92 Å². The van der Waals surface area contributed by atoms with E-state index in [4.69, 9.17) is 5.14 Å². The van der Waals surface area contributed by atoms with Crippen molar-refractivity contribution in [2.45, 2.75) is 16.7 Å². The number of nitrogens with zero attached hydrogens (tertiary/aromatic N) is 2. The highest BCUT2D eigenvalue weighted by Gasteiger charge is 2.28. The second-order valence-corrected chi connectivity index (χ2v) is 9.15. The first-order chi connectivity index (χ1) is 10.6. The third-order valence-electron chi connectivity index (χ3n) is 3.61. The summed E-state index contributed by atoms with van der Waals surface area (Å²) in [7, 11) is -7.46. The van der Waals surface area contributed by atoms with Crippen molar-refractivity contribution in [3.63, 3.8) is 0 Å². The molecule has 1 aromatic carbocycles. The second kappa shape index (κ2) is 6.70. The van der Waals surface area contributed by atoms with Crippen molar-refractivity contribution in [3.05, 3.63) is 36.4 Å². The van der Waals surface area contributed by atoms with Gasteiger partial charge in [-0.1, -0.05) is 12.2 Å². The Bertz CT molecular complexity index is 778. The number of hydrogen-bond donors (Lipinski definition) is 1. The minimum Gasteiger partial charge on any atom is -0.297 e. The Kier molecular flexibility index (Phi) is 5.27. The molecule has 1 aromatic rings. The molecule has 128 valence electrons. The van der Waals surface area contributed by atoms with Crippen molar-refractivity contribution in [3.8, 4) is 0 Å². The lowest BCUT2D eigenvalue weighted by Crippen LogP contribution is -2.48. The normalized spacial score (nSPS) is 18.0. The summed E-state index contributed by atoms with van der Waals surface area (Å²) in [5.41, 5.74) is 1.04. The topological polar surface area (TPSA) is 101 Å².